The fraction of sp³-hybridized carbons (Fsp3) is 0.222. The van der Waals surface area contributed by atoms with E-state index >= 15 is 0 Å². The molecule has 0 radical (unpaired) electrons. The van der Waals surface area contributed by atoms with E-state index in [1.54, 1.807) is 42.5 Å². The van der Waals surface area contributed by atoms with Crippen LogP contribution < -0.4 is 19.3 Å². The molecule has 0 bridgehead atoms. The number of aryl methyl sites for hydroxylation is 1. The monoisotopic (exact) mass is 576 g/mol. The van der Waals surface area contributed by atoms with Crippen LogP contribution in [0.15, 0.2) is 103 Å². The van der Waals surface area contributed by atoms with Crippen LogP contribution in [0.25, 0.3) is 5.76 Å². The van der Waals surface area contributed by atoms with Crippen LogP contribution in [-0.2, 0) is 16.2 Å². The predicted octanol–water partition coefficient (Wildman–Crippen LogP) is 7.05. The Balaban J connectivity index is 1.55. The molecule has 1 fully saturated rings. The third-order valence-corrected chi connectivity index (χ3v) is 7.34. The number of rotatable bonds is 9. The maximum absolute atomic E-state index is 13.6. The molecular formula is C36H36N2O5. The van der Waals surface area contributed by atoms with Gasteiger partial charge in [0.15, 0.2) is 0 Å². The second kappa shape index (κ2) is 12.4. The highest BCUT2D eigenvalue weighted by atomic mass is 16.5. The first kappa shape index (κ1) is 29.5. The quantitative estimate of drug-likeness (QED) is 0.131. The van der Waals surface area contributed by atoms with E-state index in [-0.39, 0.29) is 17.4 Å². The summed E-state index contributed by atoms with van der Waals surface area (Å²) >= 11 is 0. The molecule has 1 aliphatic rings. The molecule has 1 atom stereocenters. The SMILES string of the molecule is Cc1cc(/C(O)=C2/C(=O)C(=O)N(c3ccc(OC(C)C)cc3)C2c2ccc(N(C)C)cc2)ccc1OCc1ccccc1. The lowest BCUT2D eigenvalue weighted by molar-refractivity contribution is -0.132. The Morgan fingerprint density at radius 1 is 0.907 bits per heavy atom. The van der Waals surface area contributed by atoms with Gasteiger partial charge in [0, 0.05) is 31.0 Å². The average molecular weight is 577 g/mol. The third kappa shape index (κ3) is 6.26. The molecule has 7 nitrogen and oxygen atoms in total. The average Bonchev–Trinajstić information content (AvgIpc) is 3.26. The minimum absolute atomic E-state index is 0.00567. The lowest BCUT2D eigenvalue weighted by atomic mass is 9.94. The summed E-state index contributed by atoms with van der Waals surface area (Å²) in [6.07, 6.45) is -0.00567. The molecule has 5 rings (SSSR count). The van der Waals surface area contributed by atoms with Crippen molar-refractivity contribution >= 4 is 28.8 Å². The summed E-state index contributed by atoms with van der Waals surface area (Å²) in [6, 6.07) is 29.0. The van der Waals surface area contributed by atoms with E-state index in [2.05, 4.69) is 0 Å². The van der Waals surface area contributed by atoms with E-state index in [4.69, 9.17) is 9.47 Å². The number of ether oxygens (including phenoxy) is 2. The van der Waals surface area contributed by atoms with Gasteiger partial charge in [-0.25, -0.2) is 0 Å². The summed E-state index contributed by atoms with van der Waals surface area (Å²) in [6.45, 7) is 6.16. The number of benzene rings is 4. The number of aliphatic hydroxyl groups is 1. The number of carbonyl (C=O) groups is 2. The largest absolute Gasteiger partial charge is 0.507 e. The van der Waals surface area contributed by atoms with E-state index in [1.165, 1.54) is 4.90 Å². The minimum Gasteiger partial charge on any atom is -0.507 e. The van der Waals surface area contributed by atoms with Gasteiger partial charge in [-0.05, 0) is 92.1 Å². The van der Waals surface area contributed by atoms with Crippen molar-refractivity contribution in [3.05, 3.63) is 125 Å². The van der Waals surface area contributed by atoms with Crippen LogP contribution in [0.1, 0.15) is 42.1 Å². The zero-order valence-corrected chi connectivity index (χ0v) is 25.1. The third-order valence-electron chi connectivity index (χ3n) is 7.34. The Morgan fingerprint density at radius 3 is 2.19 bits per heavy atom. The standard InChI is InChI=1S/C36H36N2O5/c1-23(2)43-30-18-16-29(17-19-30)38-33(26-11-14-28(15-12-26)37(4)5)32(35(40)36(38)41)34(39)27-13-20-31(24(3)21-27)42-22-25-9-7-6-8-10-25/h6-21,23,33,39H,22H2,1-5H3/b34-32-. The number of nitrogens with zero attached hydrogens (tertiary/aromatic N) is 2. The molecule has 1 saturated heterocycles. The number of anilines is 2. The van der Waals surface area contributed by atoms with Gasteiger partial charge in [0.2, 0.25) is 0 Å². The Labute approximate surface area is 252 Å². The maximum Gasteiger partial charge on any atom is 0.300 e. The predicted molar refractivity (Wildman–Crippen MR) is 170 cm³/mol. The van der Waals surface area contributed by atoms with Crippen molar-refractivity contribution in [2.24, 2.45) is 0 Å². The van der Waals surface area contributed by atoms with Crippen molar-refractivity contribution in [3.63, 3.8) is 0 Å². The second-order valence-electron chi connectivity index (χ2n) is 11.1. The Bertz CT molecular complexity index is 1640. The van der Waals surface area contributed by atoms with Gasteiger partial charge >= 0.3 is 0 Å². The Hall–Kier alpha value is -5.04. The Morgan fingerprint density at radius 2 is 1.58 bits per heavy atom. The van der Waals surface area contributed by atoms with Crippen molar-refractivity contribution in [3.8, 4) is 11.5 Å². The van der Waals surface area contributed by atoms with Crippen molar-refractivity contribution < 1.29 is 24.2 Å². The second-order valence-corrected chi connectivity index (χ2v) is 11.1. The highest BCUT2D eigenvalue weighted by molar-refractivity contribution is 6.51. The van der Waals surface area contributed by atoms with Crippen LogP contribution in [0, 0.1) is 6.92 Å². The Kier molecular flexibility index (Phi) is 8.53. The maximum atomic E-state index is 13.6. The number of amides is 1. The van der Waals surface area contributed by atoms with E-state index in [0.29, 0.717) is 34.9 Å². The highest BCUT2D eigenvalue weighted by Crippen LogP contribution is 2.43. The van der Waals surface area contributed by atoms with Crippen molar-refractivity contribution in [2.75, 3.05) is 23.9 Å². The molecule has 1 N–H and O–H groups in total. The molecule has 220 valence electrons. The number of ketones is 1. The lowest BCUT2D eigenvalue weighted by Gasteiger charge is -2.26. The van der Waals surface area contributed by atoms with Crippen LogP contribution in [0.3, 0.4) is 0 Å². The molecule has 0 spiro atoms. The molecule has 4 aromatic carbocycles. The van der Waals surface area contributed by atoms with Gasteiger partial charge in [-0.1, -0.05) is 42.5 Å². The fourth-order valence-corrected chi connectivity index (χ4v) is 5.18. The first-order valence-electron chi connectivity index (χ1n) is 14.3. The van der Waals surface area contributed by atoms with E-state index in [9.17, 15) is 14.7 Å². The smallest absolute Gasteiger partial charge is 0.300 e. The fourth-order valence-electron chi connectivity index (χ4n) is 5.18. The van der Waals surface area contributed by atoms with E-state index in [0.717, 1.165) is 16.8 Å². The number of aliphatic hydroxyl groups excluding tert-OH is 1. The summed E-state index contributed by atoms with van der Waals surface area (Å²) in [5.74, 6) is -0.364. The van der Waals surface area contributed by atoms with Crippen LogP contribution in [0.2, 0.25) is 0 Å². The molecule has 7 heteroatoms. The minimum atomic E-state index is -0.831. The van der Waals surface area contributed by atoms with Gasteiger partial charge in [-0.3, -0.25) is 14.5 Å². The summed E-state index contributed by atoms with van der Waals surface area (Å²) < 4.78 is 11.8. The molecular weight excluding hydrogens is 540 g/mol. The normalized spacial score (nSPS) is 16.0. The molecule has 1 unspecified atom stereocenters. The molecule has 0 aliphatic carbocycles. The van der Waals surface area contributed by atoms with Crippen LogP contribution >= 0.6 is 0 Å². The molecule has 0 aromatic heterocycles. The summed E-state index contributed by atoms with van der Waals surface area (Å²) in [5.41, 5.74) is 4.49. The summed E-state index contributed by atoms with van der Waals surface area (Å²) in [7, 11) is 3.88. The van der Waals surface area contributed by atoms with Gasteiger partial charge in [0.05, 0.1) is 17.7 Å². The van der Waals surface area contributed by atoms with Crippen LogP contribution in [0.5, 0.6) is 11.5 Å². The zero-order valence-electron chi connectivity index (χ0n) is 25.1. The van der Waals surface area contributed by atoms with Gasteiger partial charge in [0.1, 0.15) is 23.9 Å². The van der Waals surface area contributed by atoms with Crippen molar-refractivity contribution in [2.45, 2.75) is 39.5 Å². The number of carbonyl (C=O) groups excluding carboxylic acids is 2. The molecule has 1 amide bonds. The van der Waals surface area contributed by atoms with Crippen molar-refractivity contribution in [1.29, 1.82) is 0 Å². The van der Waals surface area contributed by atoms with Gasteiger partial charge < -0.3 is 19.5 Å². The topological polar surface area (TPSA) is 79.3 Å². The summed E-state index contributed by atoms with van der Waals surface area (Å²) in [5, 5.41) is 11.6. The number of hydrogen-bond donors (Lipinski definition) is 1. The van der Waals surface area contributed by atoms with Gasteiger partial charge in [-0.2, -0.15) is 0 Å². The number of hydrogen-bond acceptors (Lipinski definition) is 6. The number of Topliss-reactive ketones (excluding diaryl/α,β-unsaturated/α-hetero) is 1. The van der Waals surface area contributed by atoms with E-state index in [1.807, 2.05) is 94.4 Å². The zero-order chi connectivity index (χ0) is 30.7. The molecule has 1 aliphatic heterocycles. The molecule has 0 saturated carbocycles. The molecule has 1 heterocycles. The van der Waals surface area contributed by atoms with Crippen molar-refractivity contribution in [1.82, 2.24) is 0 Å². The van der Waals surface area contributed by atoms with Gasteiger partial charge in [0.25, 0.3) is 11.7 Å². The first-order valence-corrected chi connectivity index (χ1v) is 14.3. The highest BCUT2D eigenvalue weighted by Gasteiger charge is 2.47. The van der Waals surface area contributed by atoms with Crippen LogP contribution in [-0.4, -0.2) is 37.0 Å². The van der Waals surface area contributed by atoms with Gasteiger partial charge in [-0.15, -0.1) is 0 Å². The lowest BCUT2D eigenvalue weighted by Crippen LogP contribution is -2.29. The summed E-state index contributed by atoms with van der Waals surface area (Å²) in [4.78, 5) is 30.6. The van der Waals surface area contributed by atoms with E-state index < -0.39 is 17.7 Å². The first-order chi connectivity index (χ1) is 20.6. The molecule has 43 heavy (non-hydrogen) atoms. The molecule has 4 aromatic rings. The van der Waals surface area contributed by atoms with Crippen LogP contribution in [0.4, 0.5) is 11.4 Å².